The molecule has 0 aliphatic rings. The van der Waals surface area contributed by atoms with Crippen LogP contribution in [0.4, 0.5) is 23.2 Å². The van der Waals surface area contributed by atoms with E-state index >= 15 is 0 Å². The van der Waals surface area contributed by atoms with Crippen LogP contribution in [0.25, 0.3) is 0 Å². The second kappa shape index (κ2) is 7.26. The normalized spacial score (nSPS) is 14.0. The Balaban J connectivity index is 3.05. The van der Waals surface area contributed by atoms with Gasteiger partial charge in [-0.3, -0.25) is 4.79 Å². The number of alkyl halides is 3. The van der Waals surface area contributed by atoms with Crippen LogP contribution in [0.15, 0.2) is 18.2 Å². The minimum absolute atomic E-state index is 0.119. The minimum atomic E-state index is -3.33. The smallest absolute Gasteiger partial charge is 0.287 e. The van der Waals surface area contributed by atoms with Gasteiger partial charge >= 0.3 is 0 Å². The van der Waals surface area contributed by atoms with Crippen LogP contribution in [-0.4, -0.2) is 44.3 Å². The van der Waals surface area contributed by atoms with Crippen molar-refractivity contribution in [2.24, 2.45) is 0 Å². The summed E-state index contributed by atoms with van der Waals surface area (Å²) in [5.41, 5.74) is 5.38. The predicted octanol–water partition coefficient (Wildman–Crippen LogP) is 2.16. The van der Waals surface area contributed by atoms with E-state index in [4.69, 9.17) is 10.5 Å². The number of benzene rings is 1. The molecule has 0 saturated carbocycles. The second-order valence-corrected chi connectivity index (χ2v) is 4.45. The molecular weight excluding hydrogens is 292 g/mol. The second-order valence-electron chi connectivity index (χ2n) is 4.45. The number of methoxy groups -OCH3 is 1. The van der Waals surface area contributed by atoms with Gasteiger partial charge in [0, 0.05) is 14.2 Å². The predicted molar refractivity (Wildman–Crippen MR) is 69.1 cm³/mol. The Labute approximate surface area is 119 Å². The monoisotopic (exact) mass is 308 g/mol. The van der Waals surface area contributed by atoms with Crippen molar-refractivity contribution in [2.45, 2.75) is 18.6 Å². The quantitative estimate of drug-likeness (QED) is 0.498. The van der Waals surface area contributed by atoms with Gasteiger partial charge in [-0.2, -0.15) is 0 Å². The Bertz CT molecular complexity index is 499. The molecule has 1 aromatic carbocycles. The molecule has 2 N–H and O–H groups in total. The summed E-state index contributed by atoms with van der Waals surface area (Å²) in [5.74, 6) is -2.80. The summed E-state index contributed by atoms with van der Waals surface area (Å²) in [5, 5.41) is 0. The van der Waals surface area contributed by atoms with Gasteiger partial charge in [-0.25, -0.2) is 17.6 Å². The van der Waals surface area contributed by atoms with Gasteiger partial charge in [-0.1, -0.05) is 6.07 Å². The van der Waals surface area contributed by atoms with Gasteiger partial charge in [0.1, 0.15) is 5.82 Å². The fraction of sp³-hybridized carbons (Fsp3) is 0.462. The lowest BCUT2D eigenvalue weighted by Crippen LogP contribution is -2.42. The van der Waals surface area contributed by atoms with E-state index in [2.05, 4.69) is 0 Å². The van der Waals surface area contributed by atoms with Crippen molar-refractivity contribution in [3.8, 4) is 0 Å². The first-order valence-corrected chi connectivity index (χ1v) is 6.02. The van der Waals surface area contributed by atoms with Gasteiger partial charge in [0.25, 0.3) is 6.43 Å². The molecule has 0 aliphatic carbocycles. The van der Waals surface area contributed by atoms with Crippen molar-refractivity contribution in [1.82, 2.24) is 4.90 Å². The lowest BCUT2D eigenvalue weighted by Gasteiger charge is -2.26. The zero-order valence-corrected chi connectivity index (χ0v) is 11.5. The van der Waals surface area contributed by atoms with Crippen molar-refractivity contribution in [2.75, 3.05) is 26.5 Å². The molecule has 21 heavy (non-hydrogen) atoms. The Morgan fingerprint density at radius 2 is 2.00 bits per heavy atom. The van der Waals surface area contributed by atoms with Crippen molar-refractivity contribution >= 4 is 11.6 Å². The van der Waals surface area contributed by atoms with Crippen molar-refractivity contribution in [3.63, 3.8) is 0 Å². The number of anilines is 1. The highest BCUT2D eigenvalue weighted by Crippen LogP contribution is 2.24. The number of carbonyl (C=O) groups is 1. The van der Waals surface area contributed by atoms with Gasteiger partial charge in [0.05, 0.1) is 18.2 Å². The Morgan fingerprint density at radius 3 is 2.48 bits per heavy atom. The average molecular weight is 308 g/mol. The molecule has 1 rings (SSSR count). The molecular formula is C13H16F4N2O2. The zero-order chi connectivity index (χ0) is 16.2. The van der Waals surface area contributed by atoms with Crippen LogP contribution in [-0.2, 0) is 9.53 Å². The number of likely N-dealkylation sites (N-methyl/N-ethyl adjacent to an activating group) is 1. The number of nitrogens with two attached hydrogens (primary N) is 1. The first-order chi connectivity index (χ1) is 9.79. The number of nitrogen functional groups attached to an aromatic ring is 1. The third kappa shape index (κ3) is 4.07. The standard InChI is InChI=1S/C13H16F4N2O2/c1-19(12(17)11(15)16)13(20)8(6-21-2)7-3-4-10(18)9(14)5-7/h3-5,8,11-12H,6,18H2,1-2H3. The molecule has 0 bridgehead atoms. The summed E-state index contributed by atoms with van der Waals surface area (Å²) in [6.45, 7) is -0.206. The van der Waals surface area contributed by atoms with Crippen molar-refractivity contribution in [1.29, 1.82) is 0 Å². The van der Waals surface area contributed by atoms with Crippen LogP contribution >= 0.6 is 0 Å². The molecule has 0 aromatic heterocycles. The number of carbonyl (C=O) groups excluding carboxylic acids is 1. The van der Waals surface area contributed by atoms with Gasteiger partial charge in [0.2, 0.25) is 12.2 Å². The topological polar surface area (TPSA) is 55.6 Å². The average Bonchev–Trinajstić information content (AvgIpc) is 2.45. The summed E-state index contributed by atoms with van der Waals surface area (Å²) < 4.78 is 56.2. The maximum absolute atomic E-state index is 13.4. The van der Waals surface area contributed by atoms with Crippen LogP contribution in [0.2, 0.25) is 0 Å². The molecule has 1 amide bonds. The minimum Gasteiger partial charge on any atom is -0.396 e. The third-order valence-electron chi connectivity index (χ3n) is 2.98. The molecule has 0 heterocycles. The van der Waals surface area contributed by atoms with E-state index in [-0.39, 0.29) is 22.8 Å². The number of hydrogen-bond acceptors (Lipinski definition) is 3. The van der Waals surface area contributed by atoms with Crippen LogP contribution < -0.4 is 5.73 Å². The Kier molecular flexibility index (Phi) is 5.95. The molecule has 0 saturated heterocycles. The fourth-order valence-corrected chi connectivity index (χ4v) is 1.77. The number of rotatable bonds is 6. The van der Waals surface area contributed by atoms with E-state index in [9.17, 15) is 22.4 Å². The summed E-state index contributed by atoms with van der Waals surface area (Å²) >= 11 is 0. The zero-order valence-electron chi connectivity index (χ0n) is 11.5. The summed E-state index contributed by atoms with van der Waals surface area (Å²) in [6, 6.07) is 3.60. The molecule has 4 nitrogen and oxygen atoms in total. The number of nitrogens with zero attached hydrogens (tertiary/aromatic N) is 1. The SMILES string of the molecule is COCC(C(=O)N(C)C(F)C(F)F)c1ccc(N)c(F)c1. The Hall–Kier alpha value is -1.83. The van der Waals surface area contributed by atoms with Gasteiger partial charge in [-0.05, 0) is 17.7 Å². The molecule has 1 aromatic rings. The van der Waals surface area contributed by atoms with E-state index < -0.39 is 30.4 Å². The summed E-state index contributed by atoms with van der Waals surface area (Å²) in [6.07, 6.45) is -6.07. The molecule has 2 unspecified atom stereocenters. The van der Waals surface area contributed by atoms with Crippen LogP contribution in [0, 0.1) is 5.82 Å². The van der Waals surface area contributed by atoms with Crippen molar-refractivity contribution < 1.29 is 27.1 Å². The molecule has 2 atom stereocenters. The fourth-order valence-electron chi connectivity index (χ4n) is 1.77. The highest BCUT2D eigenvalue weighted by atomic mass is 19.3. The van der Waals surface area contributed by atoms with E-state index in [1.165, 1.54) is 19.2 Å². The highest BCUT2D eigenvalue weighted by Gasteiger charge is 2.33. The van der Waals surface area contributed by atoms with E-state index in [1.54, 1.807) is 0 Å². The number of hydrogen-bond donors (Lipinski definition) is 1. The third-order valence-corrected chi connectivity index (χ3v) is 2.98. The van der Waals surface area contributed by atoms with Gasteiger partial charge in [0.15, 0.2) is 0 Å². The number of ether oxygens (including phenoxy) is 1. The highest BCUT2D eigenvalue weighted by molar-refractivity contribution is 5.84. The maximum Gasteiger partial charge on any atom is 0.287 e. The lowest BCUT2D eigenvalue weighted by molar-refractivity contribution is -0.144. The summed E-state index contributed by atoms with van der Waals surface area (Å²) in [4.78, 5) is 12.4. The maximum atomic E-state index is 13.4. The van der Waals surface area contributed by atoms with E-state index in [0.29, 0.717) is 0 Å². The molecule has 8 heteroatoms. The van der Waals surface area contributed by atoms with E-state index in [1.807, 2.05) is 0 Å². The largest absolute Gasteiger partial charge is 0.396 e. The van der Waals surface area contributed by atoms with Crippen molar-refractivity contribution in [3.05, 3.63) is 29.6 Å². The van der Waals surface area contributed by atoms with Gasteiger partial charge < -0.3 is 15.4 Å². The first kappa shape index (κ1) is 17.2. The molecule has 0 aliphatic heterocycles. The van der Waals surface area contributed by atoms with Crippen LogP contribution in [0.3, 0.4) is 0 Å². The van der Waals surface area contributed by atoms with Crippen LogP contribution in [0.5, 0.6) is 0 Å². The first-order valence-electron chi connectivity index (χ1n) is 6.02. The van der Waals surface area contributed by atoms with Gasteiger partial charge in [-0.15, -0.1) is 0 Å². The molecule has 118 valence electrons. The summed E-state index contributed by atoms with van der Waals surface area (Å²) in [7, 11) is 2.20. The molecule has 0 spiro atoms. The Morgan fingerprint density at radius 1 is 1.38 bits per heavy atom. The number of amides is 1. The van der Waals surface area contributed by atoms with Crippen LogP contribution in [0.1, 0.15) is 11.5 Å². The molecule has 0 radical (unpaired) electrons. The number of halogens is 4. The molecule has 0 fully saturated rings. The lowest BCUT2D eigenvalue weighted by atomic mass is 9.98. The van der Waals surface area contributed by atoms with E-state index in [0.717, 1.165) is 13.1 Å².